The van der Waals surface area contributed by atoms with Gasteiger partial charge in [0.1, 0.15) is 10.8 Å². The second-order valence-electron chi connectivity index (χ2n) is 7.71. The van der Waals surface area contributed by atoms with Gasteiger partial charge in [-0.1, -0.05) is 6.92 Å². The number of rotatable bonds is 5. The monoisotopic (exact) mass is 493 g/mol. The van der Waals surface area contributed by atoms with E-state index in [0.717, 1.165) is 23.4 Å². The molecule has 0 radical (unpaired) electrons. The Hall–Kier alpha value is -3.41. The molecule has 0 saturated carbocycles. The van der Waals surface area contributed by atoms with Gasteiger partial charge in [-0.15, -0.1) is 11.8 Å². The summed E-state index contributed by atoms with van der Waals surface area (Å²) in [6.45, 7) is 1.97. The van der Waals surface area contributed by atoms with E-state index >= 15 is 0 Å². The zero-order chi connectivity index (χ0) is 24.6. The Morgan fingerprint density at radius 1 is 1.24 bits per heavy atom. The number of nitrogens with zero attached hydrogens (tertiary/aromatic N) is 3. The standard InChI is InChI=1S/C22H18F3N3O5S/c1-11-7-16(20-27-17(10-34-20)21(29)32-2)26-15-5-4-13(9-14(11)15)33-19-6-3-12(22(23,24)25)8-18(19)28(30)31/h3-6,8-9,11,17H,7,10H2,1-2H3/t11?,17-/m1/s1. The first-order chi connectivity index (χ1) is 16.1. The first-order valence-corrected chi connectivity index (χ1v) is 11.1. The van der Waals surface area contributed by atoms with Crippen LogP contribution in [0.3, 0.4) is 0 Å². The quantitative estimate of drug-likeness (QED) is 0.302. The molecule has 2 aromatic rings. The number of aliphatic imine (C=N–C) groups is 2. The SMILES string of the molecule is COC(=O)[C@H]1CSC(C2=Nc3ccc(Oc4ccc(C(F)(F)F)cc4[N+](=O)[O-])cc3C(C)C2)=N1. The Morgan fingerprint density at radius 3 is 2.68 bits per heavy atom. The zero-order valence-corrected chi connectivity index (χ0v) is 18.8. The Kier molecular flexibility index (Phi) is 6.34. The summed E-state index contributed by atoms with van der Waals surface area (Å²) in [5.41, 5.74) is 0.326. The van der Waals surface area contributed by atoms with Crippen molar-refractivity contribution >= 4 is 39.9 Å². The van der Waals surface area contributed by atoms with Gasteiger partial charge in [0.25, 0.3) is 0 Å². The third kappa shape index (κ3) is 4.76. The van der Waals surface area contributed by atoms with Crippen LogP contribution in [0, 0.1) is 10.1 Å². The fourth-order valence-electron chi connectivity index (χ4n) is 3.66. The van der Waals surface area contributed by atoms with E-state index in [1.807, 2.05) is 6.92 Å². The Morgan fingerprint density at radius 2 is 2.00 bits per heavy atom. The molecule has 0 aliphatic carbocycles. The minimum Gasteiger partial charge on any atom is -0.467 e. The van der Waals surface area contributed by atoms with Gasteiger partial charge in [-0.2, -0.15) is 13.2 Å². The predicted molar refractivity (Wildman–Crippen MR) is 120 cm³/mol. The van der Waals surface area contributed by atoms with Crippen LogP contribution in [-0.2, 0) is 15.7 Å². The molecule has 8 nitrogen and oxygen atoms in total. The van der Waals surface area contributed by atoms with Crippen LogP contribution < -0.4 is 4.74 Å². The number of halogens is 3. The van der Waals surface area contributed by atoms with Gasteiger partial charge >= 0.3 is 17.8 Å². The summed E-state index contributed by atoms with van der Waals surface area (Å²) in [5.74, 6) is 0.0308. The molecule has 34 heavy (non-hydrogen) atoms. The molecule has 0 saturated heterocycles. The number of alkyl halides is 3. The molecule has 0 amide bonds. The first-order valence-electron chi connectivity index (χ1n) is 10.1. The van der Waals surface area contributed by atoms with Gasteiger partial charge in [0.2, 0.25) is 5.75 Å². The van der Waals surface area contributed by atoms with Gasteiger partial charge in [-0.3, -0.25) is 20.1 Å². The molecule has 2 atom stereocenters. The van der Waals surface area contributed by atoms with Crippen molar-refractivity contribution in [2.45, 2.75) is 31.5 Å². The largest absolute Gasteiger partial charge is 0.467 e. The molecule has 0 aromatic heterocycles. The summed E-state index contributed by atoms with van der Waals surface area (Å²) >= 11 is 1.44. The number of benzene rings is 2. The van der Waals surface area contributed by atoms with Crippen LogP contribution in [0.2, 0.25) is 0 Å². The number of hydrogen-bond donors (Lipinski definition) is 0. The second kappa shape index (κ2) is 9.09. The fraction of sp³-hybridized carbons (Fsp3) is 0.318. The molecule has 2 heterocycles. The summed E-state index contributed by atoms with van der Waals surface area (Å²) < 4.78 is 49.1. The van der Waals surface area contributed by atoms with Gasteiger partial charge in [-0.25, -0.2) is 4.79 Å². The Balaban J connectivity index is 1.61. The van der Waals surface area contributed by atoms with Crippen molar-refractivity contribution in [3.05, 3.63) is 57.6 Å². The molecule has 0 fully saturated rings. The van der Waals surface area contributed by atoms with E-state index in [-0.39, 0.29) is 17.4 Å². The van der Waals surface area contributed by atoms with Crippen molar-refractivity contribution in [1.82, 2.24) is 0 Å². The summed E-state index contributed by atoms with van der Waals surface area (Å²) in [7, 11) is 1.32. The minimum atomic E-state index is -4.71. The molecular weight excluding hydrogens is 475 g/mol. The van der Waals surface area contributed by atoms with E-state index in [1.165, 1.54) is 18.9 Å². The molecule has 2 aliphatic heterocycles. The number of esters is 1. The fourth-order valence-corrected chi connectivity index (χ4v) is 4.68. The van der Waals surface area contributed by atoms with Crippen LogP contribution in [0.4, 0.5) is 24.5 Å². The number of carbonyl (C=O) groups is 1. The van der Waals surface area contributed by atoms with Crippen LogP contribution in [0.15, 0.2) is 46.4 Å². The normalized spacial score (nSPS) is 19.7. The van der Waals surface area contributed by atoms with Gasteiger partial charge in [0, 0.05) is 11.8 Å². The zero-order valence-electron chi connectivity index (χ0n) is 18.0. The van der Waals surface area contributed by atoms with E-state index in [1.54, 1.807) is 18.2 Å². The number of thioether (sulfide) groups is 1. The van der Waals surface area contributed by atoms with Crippen LogP contribution in [0.25, 0.3) is 0 Å². The molecule has 0 spiro atoms. The molecule has 12 heteroatoms. The number of ether oxygens (including phenoxy) is 2. The van der Waals surface area contributed by atoms with Crippen molar-refractivity contribution in [1.29, 1.82) is 0 Å². The van der Waals surface area contributed by atoms with Crippen molar-refractivity contribution in [2.24, 2.45) is 9.98 Å². The maximum Gasteiger partial charge on any atom is 0.416 e. The highest BCUT2D eigenvalue weighted by Crippen LogP contribution is 2.41. The van der Waals surface area contributed by atoms with Crippen LogP contribution >= 0.6 is 11.8 Å². The summed E-state index contributed by atoms with van der Waals surface area (Å²) in [4.78, 5) is 31.2. The summed E-state index contributed by atoms with van der Waals surface area (Å²) in [6, 6.07) is 6.46. The topological polar surface area (TPSA) is 103 Å². The lowest BCUT2D eigenvalue weighted by Crippen LogP contribution is -2.20. The highest BCUT2D eigenvalue weighted by atomic mass is 32.2. The lowest BCUT2D eigenvalue weighted by molar-refractivity contribution is -0.385. The van der Waals surface area contributed by atoms with Crippen molar-refractivity contribution in [3.63, 3.8) is 0 Å². The van der Waals surface area contributed by atoms with E-state index in [4.69, 9.17) is 9.47 Å². The second-order valence-corrected chi connectivity index (χ2v) is 8.72. The highest BCUT2D eigenvalue weighted by molar-refractivity contribution is 8.16. The predicted octanol–water partition coefficient (Wildman–Crippen LogP) is 5.67. The summed E-state index contributed by atoms with van der Waals surface area (Å²) in [6.07, 6.45) is -4.16. The third-order valence-corrected chi connectivity index (χ3v) is 6.46. The maximum absolute atomic E-state index is 12.9. The van der Waals surface area contributed by atoms with Crippen LogP contribution in [0.1, 0.15) is 30.4 Å². The van der Waals surface area contributed by atoms with Crippen molar-refractivity contribution in [2.75, 3.05) is 12.9 Å². The Bertz CT molecular complexity index is 1230. The van der Waals surface area contributed by atoms with E-state index in [0.29, 0.717) is 29.0 Å². The number of carbonyl (C=O) groups excluding carboxylic acids is 1. The number of nitro benzene ring substituents is 1. The van der Waals surface area contributed by atoms with Crippen LogP contribution in [0.5, 0.6) is 11.5 Å². The first kappa shape index (κ1) is 23.7. The van der Waals surface area contributed by atoms with Crippen molar-refractivity contribution in [3.8, 4) is 11.5 Å². The maximum atomic E-state index is 12.9. The van der Waals surface area contributed by atoms with Gasteiger partial charge in [0.05, 0.1) is 29.0 Å². The molecule has 1 unspecified atom stereocenters. The van der Waals surface area contributed by atoms with E-state index < -0.39 is 34.4 Å². The van der Waals surface area contributed by atoms with Gasteiger partial charge < -0.3 is 9.47 Å². The number of nitro groups is 1. The lowest BCUT2D eigenvalue weighted by Gasteiger charge is -2.22. The molecule has 178 valence electrons. The minimum absolute atomic E-state index is 0.00545. The van der Waals surface area contributed by atoms with Crippen molar-refractivity contribution < 1.29 is 32.4 Å². The average Bonchev–Trinajstić information content (AvgIpc) is 3.28. The summed E-state index contributed by atoms with van der Waals surface area (Å²) in [5, 5.41) is 12.0. The van der Waals surface area contributed by atoms with Crippen LogP contribution in [-0.4, -0.2) is 40.6 Å². The lowest BCUT2D eigenvalue weighted by atomic mass is 9.91. The number of hydrogen-bond acceptors (Lipinski definition) is 8. The molecule has 0 bridgehead atoms. The van der Waals surface area contributed by atoms with E-state index in [2.05, 4.69) is 9.98 Å². The Labute approximate surface area is 196 Å². The third-order valence-electron chi connectivity index (χ3n) is 5.37. The molecule has 4 rings (SSSR count). The average molecular weight is 493 g/mol. The number of fused-ring (bicyclic) bond motifs is 1. The van der Waals surface area contributed by atoms with E-state index in [9.17, 15) is 28.1 Å². The van der Waals surface area contributed by atoms with Gasteiger partial charge in [-0.05, 0) is 48.2 Å². The highest BCUT2D eigenvalue weighted by Gasteiger charge is 2.34. The molecule has 0 N–H and O–H groups in total. The van der Waals surface area contributed by atoms with Gasteiger partial charge in [0.15, 0.2) is 6.04 Å². The number of methoxy groups -OCH3 is 1. The molecular formula is C22H18F3N3O5S. The molecule has 2 aliphatic rings. The molecule has 2 aromatic carbocycles. The smallest absolute Gasteiger partial charge is 0.416 e.